The molecule has 1 saturated heterocycles. The number of carbonyl (C=O) groups excluding carboxylic acids is 3. The van der Waals surface area contributed by atoms with Crippen LogP contribution in [0.2, 0.25) is 0 Å². The van der Waals surface area contributed by atoms with E-state index in [4.69, 9.17) is 9.47 Å². The van der Waals surface area contributed by atoms with Gasteiger partial charge in [-0.05, 0) is 37.0 Å². The first-order chi connectivity index (χ1) is 13.5. The van der Waals surface area contributed by atoms with E-state index in [2.05, 4.69) is 5.32 Å². The monoisotopic (exact) mass is 387 g/mol. The fourth-order valence-corrected chi connectivity index (χ4v) is 4.31. The first-order valence-corrected chi connectivity index (χ1v) is 9.76. The van der Waals surface area contributed by atoms with Gasteiger partial charge in [0.2, 0.25) is 12.7 Å². The predicted molar refractivity (Wildman–Crippen MR) is 100.0 cm³/mol. The molecule has 0 aromatic heterocycles. The minimum Gasteiger partial charge on any atom is -0.454 e. The van der Waals surface area contributed by atoms with E-state index >= 15 is 0 Å². The summed E-state index contributed by atoms with van der Waals surface area (Å²) < 4.78 is 10.6. The van der Waals surface area contributed by atoms with Crippen molar-refractivity contribution in [1.82, 2.24) is 15.1 Å². The van der Waals surface area contributed by atoms with E-state index in [1.165, 1.54) is 4.90 Å². The second-order valence-electron chi connectivity index (χ2n) is 7.61. The molecule has 4 amide bonds. The molecule has 2 heterocycles. The van der Waals surface area contributed by atoms with Crippen LogP contribution in [0.3, 0.4) is 0 Å². The van der Waals surface area contributed by atoms with Crippen molar-refractivity contribution in [2.24, 2.45) is 0 Å². The lowest BCUT2D eigenvalue weighted by Crippen LogP contribution is -2.49. The van der Waals surface area contributed by atoms with Gasteiger partial charge in [-0.15, -0.1) is 0 Å². The highest BCUT2D eigenvalue weighted by Gasteiger charge is 2.55. The Labute approximate surface area is 163 Å². The topological polar surface area (TPSA) is 88.2 Å². The van der Waals surface area contributed by atoms with Crippen molar-refractivity contribution < 1.29 is 23.9 Å². The number of nitrogens with one attached hydrogen (secondary N) is 1. The molecule has 0 radical (unpaired) electrons. The molecule has 0 unspecified atom stereocenters. The Morgan fingerprint density at radius 3 is 2.68 bits per heavy atom. The van der Waals surface area contributed by atoms with Gasteiger partial charge in [-0.2, -0.15) is 0 Å². The minimum atomic E-state index is -0.748. The number of carbonyl (C=O) groups is 3. The van der Waals surface area contributed by atoms with Crippen LogP contribution in [-0.2, 0) is 16.0 Å². The molecule has 0 atom stereocenters. The van der Waals surface area contributed by atoms with Crippen molar-refractivity contribution >= 4 is 17.8 Å². The van der Waals surface area contributed by atoms with Gasteiger partial charge in [-0.3, -0.25) is 14.5 Å². The Morgan fingerprint density at radius 2 is 1.89 bits per heavy atom. The molecule has 150 valence electrons. The first-order valence-electron chi connectivity index (χ1n) is 9.76. The van der Waals surface area contributed by atoms with Crippen molar-refractivity contribution in [3.63, 3.8) is 0 Å². The molecule has 8 nitrogen and oxygen atoms in total. The summed E-state index contributed by atoms with van der Waals surface area (Å²) in [5, 5.41) is 2.80. The largest absolute Gasteiger partial charge is 0.454 e. The number of likely N-dealkylation sites (N-methyl/N-ethyl adjacent to an activating group) is 1. The Morgan fingerprint density at radius 1 is 1.14 bits per heavy atom. The Balaban J connectivity index is 1.31. The molecule has 1 aromatic carbocycles. The van der Waals surface area contributed by atoms with Crippen LogP contribution in [0.15, 0.2) is 18.2 Å². The lowest BCUT2D eigenvalue weighted by Gasteiger charge is -2.35. The van der Waals surface area contributed by atoms with E-state index in [1.807, 2.05) is 18.2 Å². The quantitative estimate of drug-likeness (QED) is 0.777. The van der Waals surface area contributed by atoms with E-state index < -0.39 is 5.54 Å². The Hall–Kier alpha value is -2.77. The van der Waals surface area contributed by atoms with Crippen molar-refractivity contribution in [2.45, 2.75) is 44.1 Å². The number of hydrogen-bond donors (Lipinski definition) is 1. The number of rotatable bonds is 5. The fraction of sp³-hybridized carbons (Fsp3) is 0.550. The van der Waals surface area contributed by atoms with Gasteiger partial charge < -0.3 is 19.7 Å². The summed E-state index contributed by atoms with van der Waals surface area (Å²) in [7, 11) is 1.67. The highest BCUT2D eigenvalue weighted by atomic mass is 16.7. The van der Waals surface area contributed by atoms with Crippen LogP contribution in [0, 0.1) is 0 Å². The van der Waals surface area contributed by atoms with Gasteiger partial charge in [0.15, 0.2) is 11.5 Å². The third kappa shape index (κ3) is 3.16. The smallest absolute Gasteiger partial charge is 0.327 e. The fourth-order valence-electron chi connectivity index (χ4n) is 4.31. The molecule has 8 heteroatoms. The number of ether oxygens (including phenoxy) is 2. The molecule has 1 N–H and O–H groups in total. The van der Waals surface area contributed by atoms with E-state index in [0.717, 1.165) is 35.5 Å². The highest BCUT2D eigenvalue weighted by Crippen LogP contribution is 2.39. The lowest BCUT2D eigenvalue weighted by atomic mass is 9.81. The summed E-state index contributed by atoms with van der Waals surface area (Å²) in [6.45, 7) is 0.407. The molecular weight excluding hydrogens is 362 g/mol. The SMILES string of the molecule is CN1C(=O)N(CC(=O)NCCc2ccc3c(c2)OCO3)C(=O)C12CCCCC2. The molecule has 4 rings (SSSR count). The van der Waals surface area contributed by atoms with E-state index in [1.54, 1.807) is 7.05 Å². The summed E-state index contributed by atoms with van der Waals surface area (Å²) in [6.07, 6.45) is 4.91. The number of urea groups is 1. The zero-order valence-electron chi connectivity index (χ0n) is 16.0. The number of fused-ring (bicyclic) bond motifs is 1. The van der Waals surface area contributed by atoms with Gasteiger partial charge in [-0.1, -0.05) is 25.3 Å². The maximum atomic E-state index is 12.9. The number of hydrogen-bond acceptors (Lipinski definition) is 5. The van der Waals surface area contributed by atoms with Gasteiger partial charge in [0, 0.05) is 13.6 Å². The van der Waals surface area contributed by atoms with E-state index in [9.17, 15) is 14.4 Å². The highest BCUT2D eigenvalue weighted by molar-refractivity contribution is 6.08. The molecule has 28 heavy (non-hydrogen) atoms. The third-order valence-electron chi connectivity index (χ3n) is 5.96. The second-order valence-corrected chi connectivity index (χ2v) is 7.61. The zero-order chi connectivity index (χ0) is 19.7. The summed E-state index contributed by atoms with van der Waals surface area (Å²) in [5.74, 6) is 0.867. The average Bonchev–Trinajstić information content (AvgIpc) is 3.23. The number of benzene rings is 1. The number of nitrogens with zero attached hydrogens (tertiary/aromatic N) is 2. The number of amides is 4. The van der Waals surface area contributed by atoms with Crippen molar-refractivity contribution in [1.29, 1.82) is 0 Å². The second kappa shape index (κ2) is 7.33. The van der Waals surface area contributed by atoms with Crippen LogP contribution in [0.5, 0.6) is 11.5 Å². The van der Waals surface area contributed by atoms with Crippen LogP contribution in [0.1, 0.15) is 37.7 Å². The third-order valence-corrected chi connectivity index (χ3v) is 5.96. The van der Waals surface area contributed by atoms with Gasteiger partial charge in [0.1, 0.15) is 12.1 Å². The normalized spacial score (nSPS) is 20.2. The molecule has 2 fully saturated rings. The van der Waals surface area contributed by atoms with Crippen molar-refractivity contribution in [2.75, 3.05) is 26.9 Å². The minimum absolute atomic E-state index is 0.226. The molecule has 2 aliphatic heterocycles. The van der Waals surface area contributed by atoms with Crippen molar-refractivity contribution in [3.05, 3.63) is 23.8 Å². The van der Waals surface area contributed by atoms with Crippen LogP contribution >= 0.6 is 0 Å². The average molecular weight is 387 g/mol. The molecular formula is C20H25N3O5. The van der Waals surface area contributed by atoms with E-state index in [-0.39, 0.29) is 31.2 Å². The van der Waals surface area contributed by atoms with Crippen LogP contribution < -0.4 is 14.8 Å². The summed E-state index contributed by atoms with van der Waals surface area (Å²) >= 11 is 0. The van der Waals surface area contributed by atoms with Crippen molar-refractivity contribution in [3.8, 4) is 11.5 Å². The molecule has 1 aromatic rings. The summed E-state index contributed by atoms with van der Waals surface area (Å²) in [5.41, 5.74) is 0.265. The first kappa shape index (κ1) is 18.6. The van der Waals surface area contributed by atoms with E-state index in [0.29, 0.717) is 31.6 Å². The van der Waals surface area contributed by atoms with Gasteiger partial charge in [0.05, 0.1) is 0 Å². The van der Waals surface area contributed by atoms with Gasteiger partial charge in [-0.25, -0.2) is 4.79 Å². The molecule has 1 spiro atoms. The van der Waals surface area contributed by atoms with Crippen LogP contribution in [0.25, 0.3) is 0 Å². The summed E-state index contributed by atoms with van der Waals surface area (Å²) in [6, 6.07) is 5.29. The Bertz CT molecular complexity index is 803. The molecule has 0 bridgehead atoms. The lowest BCUT2D eigenvalue weighted by molar-refractivity contribution is -0.137. The Kier molecular flexibility index (Phi) is 4.87. The predicted octanol–water partition coefficient (Wildman–Crippen LogP) is 1.67. The van der Waals surface area contributed by atoms with Crippen LogP contribution in [0.4, 0.5) is 4.79 Å². The van der Waals surface area contributed by atoms with Gasteiger partial charge >= 0.3 is 6.03 Å². The molecule has 3 aliphatic rings. The molecule has 1 aliphatic carbocycles. The van der Waals surface area contributed by atoms with Gasteiger partial charge in [0.25, 0.3) is 5.91 Å². The maximum Gasteiger partial charge on any atom is 0.327 e. The maximum absolute atomic E-state index is 12.9. The number of imide groups is 1. The zero-order valence-corrected chi connectivity index (χ0v) is 16.0. The molecule has 1 saturated carbocycles. The standard InChI is InChI=1S/C20H25N3O5/c1-22-19(26)23(18(25)20(22)8-3-2-4-9-20)12-17(24)21-10-7-14-5-6-15-16(11-14)28-13-27-15/h5-6,11H,2-4,7-10,12-13H2,1H3,(H,21,24). The summed E-state index contributed by atoms with van der Waals surface area (Å²) in [4.78, 5) is 40.4. The van der Waals surface area contributed by atoms with Crippen LogP contribution in [-0.4, -0.2) is 60.1 Å².